The molecule has 0 radical (unpaired) electrons. The van der Waals surface area contributed by atoms with Gasteiger partial charge in [0, 0.05) is 31.3 Å². The Bertz CT molecular complexity index is 1240. The second-order valence-electron chi connectivity index (χ2n) is 13.0. The Morgan fingerprint density at radius 1 is 1.00 bits per heavy atom. The van der Waals surface area contributed by atoms with E-state index in [1.54, 1.807) is 7.11 Å². The number of nitrogens with zero attached hydrogens (tertiary/aromatic N) is 3. The molecule has 40 heavy (non-hydrogen) atoms. The SMILES string of the molecule is COC1OC1C(CC(C)C)NC(=O)c1nc2ccccc2n(C2C[C@H]3CC[C@@H](C2)N3C2CCCCCCC2)c1=O. The van der Waals surface area contributed by atoms with Crippen molar-refractivity contribution in [2.45, 2.75) is 134 Å². The minimum atomic E-state index is -0.421. The summed E-state index contributed by atoms with van der Waals surface area (Å²) in [6.45, 7) is 4.23. The molecule has 4 aliphatic rings. The van der Waals surface area contributed by atoms with E-state index in [0.717, 1.165) is 24.8 Å². The maximum Gasteiger partial charge on any atom is 0.282 e. The molecule has 8 nitrogen and oxygen atoms in total. The van der Waals surface area contributed by atoms with E-state index in [2.05, 4.69) is 29.0 Å². The average molecular weight is 551 g/mol. The third-order valence-electron chi connectivity index (χ3n) is 9.79. The van der Waals surface area contributed by atoms with E-state index in [-0.39, 0.29) is 35.7 Å². The molecule has 6 atom stereocenters. The highest BCUT2D eigenvalue weighted by Crippen LogP contribution is 2.44. The summed E-state index contributed by atoms with van der Waals surface area (Å²) in [7, 11) is 1.61. The number of methoxy groups -OCH3 is 1. The van der Waals surface area contributed by atoms with Crippen molar-refractivity contribution in [3.05, 3.63) is 40.3 Å². The van der Waals surface area contributed by atoms with Gasteiger partial charge in [0.2, 0.25) is 0 Å². The van der Waals surface area contributed by atoms with Gasteiger partial charge in [0.15, 0.2) is 12.0 Å². The fraction of sp³-hybridized carbons (Fsp3) is 0.719. The topological polar surface area (TPSA) is 89.0 Å². The van der Waals surface area contributed by atoms with Gasteiger partial charge < -0.3 is 19.4 Å². The van der Waals surface area contributed by atoms with Gasteiger partial charge in [-0.1, -0.05) is 58.1 Å². The number of para-hydroxylation sites is 2. The normalized spacial score (nSPS) is 30.2. The highest BCUT2D eigenvalue weighted by molar-refractivity contribution is 5.94. The lowest BCUT2D eigenvalue weighted by Crippen LogP contribution is -2.50. The number of amides is 1. The summed E-state index contributed by atoms with van der Waals surface area (Å²) in [5, 5.41) is 3.09. The summed E-state index contributed by atoms with van der Waals surface area (Å²) in [5.41, 5.74) is 1.23. The average Bonchev–Trinajstić information content (AvgIpc) is 3.66. The summed E-state index contributed by atoms with van der Waals surface area (Å²) in [6.07, 6.45) is 14.0. The molecule has 6 rings (SSSR count). The third-order valence-corrected chi connectivity index (χ3v) is 9.79. The maximum atomic E-state index is 14.1. The van der Waals surface area contributed by atoms with E-state index >= 15 is 0 Å². The quantitative estimate of drug-likeness (QED) is 0.455. The Labute approximate surface area is 237 Å². The van der Waals surface area contributed by atoms with E-state index in [0.29, 0.717) is 29.6 Å². The van der Waals surface area contributed by atoms with Crippen LogP contribution in [0.15, 0.2) is 29.1 Å². The lowest BCUT2D eigenvalue weighted by molar-refractivity contribution is 0.0497. The summed E-state index contributed by atoms with van der Waals surface area (Å²) in [5.74, 6) is -0.0674. The van der Waals surface area contributed by atoms with E-state index in [9.17, 15) is 9.59 Å². The van der Waals surface area contributed by atoms with Crippen molar-refractivity contribution in [3.8, 4) is 0 Å². The molecule has 2 bridgehead atoms. The van der Waals surface area contributed by atoms with Gasteiger partial charge in [0.25, 0.3) is 11.5 Å². The third kappa shape index (κ3) is 5.59. The van der Waals surface area contributed by atoms with Crippen LogP contribution in [0.4, 0.5) is 0 Å². The van der Waals surface area contributed by atoms with Gasteiger partial charge in [-0.05, 0) is 63.0 Å². The molecular formula is C32H46N4O4. The van der Waals surface area contributed by atoms with Crippen molar-refractivity contribution in [1.29, 1.82) is 0 Å². The second kappa shape index (κ2) is 11.9. The number of epoxide rings is 1. The van der Waals surface area contributed by atoms with Crippen LogP contribution in [-0.2, 0) is 9.47 Å². The Kier molecular flexibility index (Phi) is 8.29. The molecule has 3 aliphatic heterocycles. The lowest BCUT2D eigenvalue weighted by Gasteiger charge is -2.45. The number of nitrogens with one attached hydrogen (secondary N) is 1. The molecule has 4 heterocycles. The van der Waals surface area contributed by atoms with Crippen LogP contribution in [0.3, 0.4) is 0 Å². The molecule has 0 spiro atoms. The molecule has 1 aromatic heterocycles. The first-order valence-corrected chi connectivity index (χ1v) is 15.7. The van der Waals surface area contributed by atoms with Crippen molar-refractivity contribution < 1.29 is 14.3 Å². The first-order valence-electron chi connectivity index (χ1n) is 15.7. The minimum absolute atomic E-state index is 0.0168. The van der Waals surface area contributed by atoms with Crippen LogP contribution in [0.2, 0.25) is 0 Å². The van der Waals surface area contributed by atoms with E-state index in [1.807, 2.05) is 28.8 Å². The number of ether oxygens (including phenoxy) is 2. The molecule has 3 saturated heterocycles. The molecule has 1 aromatic carbocycles. The number of rotatable bonds is 8. The van der Waals surface area contributed by atoms with Crippen LogP contribution in [0, 0.1) is 5.92 Å². The van der Waals surface area contributed by atoms with Crippen molar-refractivity contribution in [2.75, 3.05) is 7.11 Å². The highest BCUT2D eigenvalue weighted by Gasteiger charge is 2.47. The fourth-order valence-electron chi connectivity index (χ4n) is 7.99. The summed E-state index contributed by atoms with van der Waals surface area (Å²) in [4.78, 5) is 35.2. The predicted molar refractivity (Wildman–Crippen MR) is 155 cm³/mol. The molecule has 4 unspecified atom stereocenters. The number of hydrogen-bond acceptors (Lipinski definition) is 6. The van der Waals surface area contributed by atoms with Crippen LogP contribution in [0.1, 0.15) is 107 Å². The molecule has 8 heteroatoms. The first kappa shape index (κ1) is 27.9. The zero-order valence-electron chi connectivity index (χ0n) is 24.4. The van der Waals surface area contributed by atoms with E-state index < -0.39 is 5.91 Å². The number of aromatic nitrogens is 2. The smallest absolute Gasteiger partial charge is 0.282 e. The van der Waals surface area contributed by atoms with Crippen molar-refractivity contribution in [1.82, 2.24) is 19.8 Å². The molecule has 1 saturated carbocycles. The Balaban J connectivity index is 1.28. The van der Waals surface area contributed by atoms with E-state index in [1.165, 1.54) is 57.8 Å². The van der Waals surface area contributed by atoms with Gasteiger partial charge in [0.1, 0.15) is 6.10 Å². The highest BCUT2D eigenvalue weighted by atomic mass is 16.8. The molecule has 1 N–H and O–H groups in total. The van der Waals surface area contributed by atoms with E-state index in [4.69, 9.17) is 9.47 Å². The second-order valence-corrected chi connectivity index (χ2v) is 13.0. The van der Waals surface area contributed by atoms with Gasteiger partial charge >= 0.3 is 0 Å². The Morgan fingerprint density at radius 2 is 1.68 bits per heavy atom. The number of benzene rings is 1. The largest absolute Gasteiger partial charge is 0.353 e. The monoisotopic (exact) mass is 550 g/mol. The van der Waals surface area contributed by atoms with Crippen LogP contribution < -0.4 is 10.9 Å². The number of carbonyl (C=O) groups is 1. The Morgan fingerprint density at radius 3 is 2.33 bits per heavy atom. The number of fused-ring (bicyclic) bond motifs is 3. The van der Waals surface area contributed by atoms with Crippen molar-refractivity contribution >= 4 is 16.9 Å². The van der Waals surface area contributed by atoms with Crippen molar-refractivity contribution in [2.24, 2.45) is 5.92 Å². The molecule has 1 aliphatic carbocycles. The molecule has 4 fully saturated rings. The van der Waals surface area contributed by atoms with Crippen molar-refractivity contribution in [3.63, 3.8) is 0 Å². The number of hydrogen-bond donors (Lipinski definition) is 1. The molecular weight excluding hydrogens is 504 g/mol. The lowest BCUT2D eigenvalue weighted by atomic mass is 9.89. The zero-order chi connectivity index (χ0) is 27.8. The number of piperidine rings is 1. The molecule has 218 valence electrons. The Hall–Kier alpha value is -2.29. The van der Waals surface area contributed by atoms with Crippen LogP contribution in [-0.4, -0.2) is 64.0 Å². The van der Waals surface area contributed by atoms with Crippen LogP contribution >= 0.6 is 0 Å². The van der Waals surface area contributed by atoms with Gasteiger partial charge in [-0.25, -0.2) is 4.98 Å². The summed E-state index contributed by atoms with van der Waals surface area (Å²) < 4.78 is 12.9. The van der Waals surface area contributed by atoms with Crippen LogP contribution in [0.25, 0.3) is 11.0 Å². The molecule has 2 aromatic rings. The minimum Gasteiger partial charge on any atom is -0.353 e. The zero-order valence-corrected chi connectivity index (χ0v) is 24.4. The number of carbonyl (C=O) groups excluding carboxylic acids is 1. The van der Waals surface area contributed by atoms with Gasteiger partial charge in [-0.2, -0.15) is 0 Å². The van der Waals surface area contributed by atoms with Crippen LogP contribution in [0.5, 0.6) is 0 Å². The standard InChI is InChI=1S/C32H46N4O4/c1-20(2)17-26(29-32(39-3)40-29)34-30(37)28-31(38)36(27-14-10-9-13-25(27)33-28)24-18-22-15-16-23(19-24)35(22)21-11-7-5-4-6-8-12-21/h9-10,13-14,20-24,26,29,32H,4-8,11-12,15-19H2,1-3H3,(H,34,37)/t22-,23+,24?,26?,29?,32?. The summed E-state index contributed by atoms with van der Waals surface area (Å²) in [6, 6.07) is 9.34. The first-order chi connectivity index (χ1) is 19.4. The van der Waals surface area contributed by atoms with Gasteiger partial charge in [-0.15, -0.1) is 0 Å². The van der Waals surface area contributed by atoms with Gasteiger partial charge in [-0.3, -0.25) is 14.5 Å². The van der Waals surface area contributed by atoms with Gasteiger partial charge in [0.05, 0.1) is 17.1 Å². The summed E-state index contributed by atoms with van der Waals surface area (Å²) >= 11 is 0. The predicted octanol–water partition coefficient (Wildman–Crippen LogP) is 5.19. The maximum absolute atomic E-state index is 14.1. The molecule has 1 amide bonds. The fourth-order valence-corrected chi connectivity index (χ4v) is 7.99.